The molecule has 0 N–H and O–H groups in total. The fraction of sp³-hybridized carbons (Fsp3) is 0.0545. The van der Waals surface area contributed by atoms with Gasteiger partial charge in [-0.05, 0) is 99.1 Å². The zero-order valence-corrected chi connectivity index (χ0v) is 32.4. The van der Waals surface area contributed by atoms with Gasteiger partial charge >= 0.3 is 0 Å². The van der Waals surface area contributed by atoms with E-state index in [1.54, 1.807) is 0 Å². The van der Waals surface area contributed by atoms with Crippen LogP contribution in [0.3, 0.4) is 0 Å². The summed E-state index contributed by atoms with van der Waals surface area (Å²) in [5.74, 6) is 0.706. The predicted octanol–water partition coefficient (Wildman–Crippen LogP) is 14.2. The summed E-state index contributed by atoms with van der Waals surface area (Å²) in [5, 5.41) is 2.39. The molecule has 0 spiro atoms. The molecule has 1 aliphatic carbocycles. The van der Waals surface area contributed by atoms with E-state index in [1.807, 2.05) is 12.1 Å². The van der Waals surface area contributed by atoms with Gasteiger partial charge in [-0.1, -0.05) is 159 Å². The van der Waals surface area contributed by atoms with Gasteiger partial charge in [0.1, 0.15) is 0 Å². The van der Waals surface area contributed by atoms with Crippen LogP contribution in [-0.4, -0.2) is 14.5 Å². The highest BCUT2D eigenvalue weighted by atomic mass is 15.0. The number of hydrogen-bond donors (Lipinski definition) is 0. The van der Waals surface area contributed by atoms with Crippen LogP contribution in [0.25, 0.3) is 94.8 Å². The van der Waals surface area contributed by atoms with Gasteiger partial charge < -0.3 is 4.57 Å². The largest absolute Gasteiger partial charge is 0.309 e. The monoisotopic (exact) mass is 741 g/mol. The van der Waals surface area contributed by atoms with E-state index in [0.29, 0.717) is 5.82 Å². The lowest BCUT2D eigenvalue weighted by atomic mass is 9.81. The molecule has 0 radical (unpaired) electrons. The van der Waals surface area contributed by atoms with E-state index >= 15 is 0 Å². The molecule has 0 aliphatic heterocycles. The molecule has 8 aromatic carbocycles. The third kappa shape index (κ3) is 5.58. The van der Waals surface area contributed by atoms with Crippen LogP contribution < -0.4 is 0 Å². The highest BCUT2D eigenvalue weighted by Gasteiger charge is 2.36. The summed E-state index contributed by atoms with van der Waals surface area (Å²) < 4.78 is 2.43. The summed E-state index contributed by atoms with van der Waals surface area (Å²) in [4.78, 5) is 10.4. The van der Waals surface area contributed by atoms with Crippen molar-refractivity contribution < 1.29 is 0 Å². The Morgan fingerprint density at radius 3 is 1.45 bits per heavy atom. The first-order valence-corrected chi connectivity index (χ1v) is 20.0. The van der Waals surface area contributed by atoms with Crippen LogP contribution in [0.15, 0.2) is 200 Å². The Hall–Kier alpha value is -7.36. The molecule has 0 atom stereocenters. The Kier molecular flexibility index (Phi) is 7.84. The van der Waals surface area contributed by atoms with Crippen molar-refractivity contribution in [2.75, 3.05) is 0 Å². The molecule has 3 heteroatoms. The van der Waals surface area contributed by atoms with Gasteiger partial charge in [0.25, 0.3) is 0 Å². The summed E-state index contributed by atoms with van der Waals surface area (Å²) in [5.41, 5.74) is 18.4. The van der Waals surface area contributed by atoms with Crippen molar-refractivity contribution in [3.63, 3.8) is 0 Å². The fourth-order valence-electron chi connectivity index (χ4n) is 9.00. The van der Waals surface area contributed by atoms with Crippen molar-refractivity contribution in [3.8, 4) is 73.0 Å². The van der Waals surface area contributed by atoms with E-state index in [2.05, 4.69) is 206 Å². The van der Waals surface area contributed by atoms with Crippen molar-refractivity contribution in [1.82, 2.24) is 14.5 Å². The molecule has 10 aromatic rings. The van der Waals surface area contributed by atoms with Gasteiger partial charge in [-0.15, -0.1) is 0 Å². The number of aromatic nitrogens is 3. The van der Waals surface area contributed by atoms with E-state index in [-0.39, 0.29) is 5.41 Å². The maximum atomic E-state index is 5.21. The minimum absolute atomic E-state index is 0.190. The number of fused-ring (bicyclic) bond motifs is 6. The average Bonchev–Trinajstić information content (AvgIpc) is 3.73. The predicted molar refractivity (Wildman–Crippen MR) is 241 cm³/mol. The van der Waals surface area contributed by atoms with Gasteiger partial charge in [-0.3, -0.25) is 0 Å². The van der Waals surface area contributed by atoms with Crippen LogP contribution in [-0.2, 0) is 5.41 Å². The first-order chi connectivity index (χ1) is 28.5. The average molecular weight is 742 g/mol. The first-order valence-electron chi connectivity index (χ1n) is 20.0. The zero-order valence-electron chi connectivity index (χ0n) is 32.4. The number of benzene rings is 8. The second-order valence-corrected chi connectivity index (χ2v) is 15.8. The summed E-state index contributed by atoms with van der Waals surface area (Å²) in [6.07, 6.45) is 0. The van der Waals surface area contributed by atoms with Crippen molar-refractivity contribution in [2.45, 2.75) is 19.3 Å². The van der Waals surface area contributed by atoms with Crippen LogP contribution in [0.2, 0.25) is 0 Å². The SMILES string of the molecule is CC1(C)c2cc(-c3ccccc3)ccc2-c2cc3c(cc21)c1cc(-c2nc(-c4ccccc4)cc(-c4ccccc4)n2)ccc1n3-c1ccc(-c2ccccc2)cc1. The van der Waals surface area contributed by atoms with Gasteiger partial charge in [0.2, 0.25) is 0 Å². The first kappa shape index (κ1) is 33.9. The second kappa shape index (κ2) is 13.4. The van der Waals surface area contributed by atoms with E-state index in [4.69, 9.17) is 9.97 Å². The van der Waals surface area contributed by atoms with Crippen molar-refractivity contribution in [3.05, 3.63) is 211 Å². The number of nitrogens with zero attached hydrogens (tertiary/aromatic N) is 3. The van der Waals surface area contributed by atoms with Crippen LogP contribution in [0.4, 0.5) is 0 Å². The summed E-state index contributed by atoms with van der Waals surface area (Å²) in [6, 6.07) is 71.8. The van der Waals surface area contributed by atoms with Gasteiger partial charge in [0.15, 0.2) is 5.82 Å². The third-order valence-corrected chi connectivity index (χ3v) is 12.0. The van der Waals surface area contributed by atoms with E-state index in [9.17, 15) is 0 Å². The molecule has 0 fully saturated rings. The van der Waals surface area contributed by atoms with Crippen LogP contribution >= 0.6 is 0 Å². The molecule has 0 bridgehead atoms. The zero-order chi connectivity index (χ0) is 38.8. The molecule has 0 amide bonds. The van der Waals surface area contributed by atoms with Crippen molar-refractivity contribution >= 4 is 21.8 Å². The van der Waals surface area contributed by atoms with Crippen molar-refractivity contribution in [2.24, 2.45) is 0 Å². The molecular weight excluding hydrogens is 703 g/mol. The minimum atomic E-state index is -0.190. The van der Waals surface area contributed by atoms with Crippen LogP contribution in [0, 0.1) is 0 Å². The fourth-order valence-corrected chi connectivity index (χ4v) is 9.00. The maximum Gasteiger partial charge on any atom is 0.160 e. The van der Waals surface area contributed by atoms with E-state index < -0.39 is 0 Å². The molecule has 58 heavy (non-hydrogen) atoms. The molecule has 1 aliphatic rings. The lowest BCUT2D eigenvalue weighted by Gasteiger charge is -2.22. The lowest BCUT2D eigenvalue weighted by molar-refractivity contribution is 0.661. The summed E-state index contributed by atoms with van der Waals surface area (Å²) >= 11 is 0. The maximum absolute atomic E-state index is 5.21. The highest BCUT2D eigenvalue weighted by Crippen LogP contribution is 2.52. The molecular formula is C55H39N3. The van der Waals surface area contributed by atoms with Gasteiger partial charge in [0, 0.05) is 38.6 Å². The molecule has 2 heterocycles. The Morgan fingerprint density at radius 2 is 0.845 bits per heavy atom. The Balaban J connectivity index is 1.13. The number of hydrogen-bond acceptors (Lipinski definition) is 2. The Morgan fingerprint density at radius 1 is 0.362 bits per heavy atom. The van der Waals surface area contributed by atoms with Crippen LogP contribution in [0.1, 0.15) is 25.0 Å². The third-order valence-electron chi connectivity index (χ3n) is 12.0. The van der Waals surface area contributed by atoms with Gasteiger partial charge in [0.05, 0.1) is 22.4 Å². The second-order valence-electron chi connectivity index (χ2n) is 15.8. The van der Waals surface area contributed by atoms with Gasteiger partial charge in [-0.2, -0.15) is 0 Å². The van der Waals surface area contributed by atoms with E-state index in [0.717, 1.165) is 39.3 Å². The standard InChI is InChI=1S/C55H39N3/c1-55(2)48-32-41(37-17-9-4-10-18-37)25-29-44(48)45-34-53-47(33-49(45)55)46-31-42(26-30-52(46)58(53)43-27-23-38(24-28-43)36-15-7-3-8-16-36)54-56-50(39-19-11-5-12-20-39)35-51(57-54)40-21-13-6-14-22-40/h3-35H,1-2H3. The molecule has 0 saturated carbocycles. The quantitative estimate of drug-likeness (QED) is 0.170. The molecule has 3 nitrogen and oxygen atoms in total. The Labute approximate surface area is 338 Å². The van der Waals surface area contributed by atoms with Crippen molar-refractivity contribution in [1.29, 1.82) is 0 Å². The summed E-state index contributed by atoms with van der Waals surface area (Å²) in [7, 11) is 0. The topological polar surface area (TPSA) is 30.7 Å². The molecule has 0 unspecified atom stereocenters. The Bertz CT molecular complexity index is 3090. The molecule has 0 saturated heterocycles. The smallest absolute Gasteiger partial charge is 0.160 e. The highest BCUT2D eigenvalue weighted by molar-refractivity contribution is 6.12. The normalized spacial score (nSPS) is 12.8. The van der Waals surface area contributed by atoms with E-state index in [1.165, 1.54) is 60.8 Å². The molecule has 11 rings (SSSR count). The van der Waals surface area contributed by atoms with Crippen LogP contribution in [0.5, 0.6) is 0 Å². The van der Waals surface area contributed by atoms with Gasteiger partial charge in [-0.25, -0.2) is 9.97 Å². The lowest BCUT2D eigenvalue weighted by Crippen LogP contribution is -2.15. The number of rotatable bonds is 6. The summed E-state index contributed by atoms with van der Waals surface area (Å²) in [6.45, 7) is 4.75. The molecule has 274 valence electrons. The minimum Gasteiger partial charge on any atom is -0.309 e. The molecule has 2 aromatic heterocycles.